The van der Waals surface area contributed by atoms with Crippen LogP contribution in [0.5, 0.6) is 5.75 Å². The molecule has 3 rings (SSSR count). The molecule has 0 fully saturated rings. The van der Waals surface area contributed by atoms with E-state index in [-0.39, 0.29) is 5.92 Å². The predicted octanol–water partition coefficient (Wildman–Crippen LogP) is 2.14. The number of rotatable bonds is 1. The number of para-hydroxylation sites is 1. The number of benzene rings is 2. The molecule has 0 saturated carbocycles. The van der Waals surface area contributed by atoms with E-state index in [0.29, 0.717) is 5.75 Å². The maximum absolute atomic E-state index is 9.88. The van der Waals surface area contributed by atoms with Gasteiger partial charge in [-0.2, -0.15) is 0 Å². The second-order valence-corrected chi connectivity index (χ2v) is 4.40. The van der Waals surface area contributed by atoms with E-state index in [1.807, 2.05) is 18.2 Å². The van der Waals surface area contributed by atoms with E-state index < -0.39 is 0 Å². The zero-order chi connectivity index (χ0) is 11.7. The minimum Gasteiger partial charge on any atom is -0.508 e. The van der Waals surface area contributed by atoms with E-state index in [1.54, 1.807) is 6.07 Å². The SMILES string of the molecule is Oc1ccccc1C1C=c2ccccc2=CC1. The molecule has 84 valence electrons. The van der Waals surface area contributed by atoms with Crippen molar-refractivity contribution in [3.05, 3.63) is 64.5 Å². The van der Waals surface area contributed by atoms with Crippen molar-refractivity contribution >= 4 is 12.2 Å². The van der Waals surface area contributed by atoms with Gasteiger partial charge >= 0.3 is 0 Å². The molecule has 2 aromatic carbocycles. The number of fused-ring (bicyclic) bond motifs is 1. The van der Waals surface area contributed by atoms with Gasteiger partial charge in [0, 0.05) is 11.5 Å². The molecule has 17 heavy (non-hydrogen) atoms. The molecule has 1 unspecified atom stereocenters. The fraction of sp³-hybridized carbons (Fsp3) is 0.125. The standard InChI is InChI=1S/C16H14O/c17-16-8-4-3-7-15(16)14-10-9-12-5-1-2-6-13(12)11-14/h1-9,11,14,17H,10H2. The molecule has 1 aliphatic rings. The van der Waals surface area contributed by atoms with Crippen LogP contribution in [-0.4, -0.2) is 5.11 Å². The molecular formula is C16H14O. The van der Waals surface area contributed by atoms with Crippen molar-refractivity contribution < 1.29 is 5.11 Å². The molecule has 0 heterocycles. The molecular weight excluding hydrogens is 208 g/mol. The van der Waals surface area contributed by atoms with E-state index >= 15 is 0 Å². The number of aromatic hydroxyl groups is 1. The first kappa shape index (κ1) is 10.2. The van der Waals surface area contributed by atoms with Gasteiger partial charge < -0.3 is 5.11 Å². The van der Waals surface area contributed by atoms with Gasteiger partial charge in [-0.05, 0) is 22.9 Å². The predicted molar refractivity (Wildman–Crippen MR) is 70.1 cm³/mol. The first-order valence-corrected chi connectivity index (χ1v) is 5.89. The van der Waals surface area contributed by atoms with Gasteiger partial charge in [-0.25, -0.2) is 0 Å². The Hall–Kier alpha value is -2.02. The number of phenolic OH excluding ortho intramolecular Hbond substituents is 1. The normalized spacial score (nSPS) is 17.8. The molecule has 0 bridgehead atoms. The molecule has 0 saturated heterocycles. The van der Waals surface area contributed by atoms with Crippen LogP contribution in [0.3, 0.4) is 0 Å². The fourth-order valence-corrected chi connectivity index (χ4v) is 2.41. The van der Waals surface area contributed by atoms with E-state index in [4.69, 9.17) is 0 Å². The highest BCUT2D eigenvalue weighted by atomic mass is 16.3. The largest absolute Gasteiger partial charge is 0.508 e. The molecule has 0 aromatic heterocycles. The van der Waals surface area contributed by atoms with Crippen molar-refractivity contribution in [2.75, 3.05) is 0 Å². The molecule has 1 heteroatoms. The van der Waals surface area contributed by atoms with Crippen molar-refractivity contribution in [1.29, 1.82) is 0 Å². The van der Waals surface area contributed by atoms with Crippen LogP contribution in [0.2, 0.25) is 0 Å². The van der Waals surface area contributed by atoms with Gasteiger partial charge in [0.05, 0.1) is 0 Å². The van der Waals surface area contributed by atoms with E-state index in [9.17, 15) is 5.11 Å². The summed E-state index contributed by atoms with van der Waals surface area (Å²) >= 11 is 0. The third-order valence-electron chi connectivity index (χ3n) is 3.30. The van der Waals surface area contributed by atoms with E-state index in [2.05, 4.69) is 36.4 Å². The van der Waals surface area contributed by atoms with Crippen LogP contribution in [0.4, 0.5) is 0 Å². The summed E-state index contributed by atoms with van der Waals surface area (Å²) in [6, 6.07) is 16.0. The summed E-state index contributed by atoms with van der Waals surface area (Å²) in [5, 5.41) is 12.4. The Morgan fingerprint density at radius 3 is 2.41 bits per heavy atom. The third-order valence-corrected chi connectivity index (χ3v) is 3.30. The molecule has 0 amide bonds. The van der Waals surface area contributed by atoms with Crippen molar-refractivity contribution in [2.24, 2.45) is 0 Å². The van der Waals surface area contributed by atoms with Crippen LogP contribution >= 0.6 is 0 Å². The van der Waals surface area contributed by atoms with Gasteiger partial charge in [0.1, 0.15) is 5.75 Å². The average molecular weight is 222 g/mol. The molecule has 1 N–H and O–H groups in total. The molecule has 1 aliphatic carbocycles. The highest BCUT2D eigenvalue weighted by Crippen LogP contribution is 2.30. The lowest BCUT2D eigenvalue weighted by molar-refractivity contribution is 0.466. The first-order valence-electron chi connectivity index (χ1n) is 5.89. The molecule has 0 spiro atoms. The van der Waals surface area contributed by atoms with Crippen molar-refractivity contribution in [3.8, 4) is 5.75 Å². The lowest BCUT2D eigenvalue weighted by Crippen LogP contribution is -2.27. The number of hydrogen-bond donors (Lipinski definition) is 1. The summed E-state index contributed by atoms with van der Waals surface area (Å²) in [6.07, 6.45) is 5.44. The Kier molecular flexibility index (Phi) is 2.45. The maximum Gasteiger partial charge on any atom is 0.119 e. The highest BCUT2D eigenvalue weighted by molar-refractivity contribution is 5.51. The van der Waals surface area contributed by atoms with Crippen LogP contribution < -0.4 is 10.4 Å². The Morgan fingerprint density at radius 2 is 1.59 bits per heavy atom. The third kappa shape index (κ3) is 1.84. The van der Waals surface area contributed by atoms with Gasteiger partial charge in [-0.15, -0.1) is 0 Å². The van der Waals surface area contributed by atoms with Crippen LogP contribution in [0.15, 0.2) is 48.5 Å². The van der Waals surface area contributed by atoms with Gasteiger partial charge in [-0.3, -0.25) is 0 Å². The minimum absolute atomic E-state index is 0.283. The summed E-state index contributed by atoms with van der Waals surface area (Å²) in [4.78, 5) is 0. The Bertz CT molecular complexity index is 655. The van der Waals surface area contributed by atoms with Gasteiger partial charge in [0.25, 0.3) is 0 Å². The van der Waals surface area contributed by atoms with E-state index in [0.717, 1.165) is 12.0 Å². The smallest absolute Gasteiger partial charge is 0.119 e. The van der Waals surface area contributed by atoms with Crippen molar-refractivity contribution in [2.45, 2.75) is 12.3 Å². The topological polar surface area (TPSA) is 20.2 Å². The summed E-state index contributed by atoms with van der Waals surface area (Å²) < 4.78 is 0. The molecule has 1 atom stereocenters. The van der Waals surface area contributed by atoms with Crippen LogP contribution in [0.1, 0.15) is 17.9 Å². The Morgan fingerprint density at radius 1 is 0.882 bits per heavy atom. The molecule has 1 nitrogen and oxygen atoms in total. The van der Waals surface area contributed by atoms with Gasteiger partial charge in [0.2, 0.25) is 0 Å². The lowest BCUT2D eigenvalue weighted by Gasteiger charge is -2.15. The highest BCUT2D eigenvalue weighted by Gasteiger charge is 2.13. The monoisotopic (exact) mass is 222 g/mol. The Labute approximate surface area is 100 Å². The fourth-order valence-electron chi connectivity index (χ4n) is 2.41. The van der Waals surface area contributed by atoms with Crippen LogP contribution in [0.25, 0.3) is 12.2 Å². The second-order valence-electron chi connectivity index (χ2n) is 4.40. The summed E-state index contributed by atoms with van der Waals surface area (Å²) in [6.45, 7) is 0. The quantitative estimate of drug-likeness (QED) is 0.783. The average Bonchev–Trinajstić information content (AvgIpc) is 2.39. The Balaban J connectivity index is 2.10. The van der Waals surface area contributed by atoms with Crippen LogP contribution in [0, 0.1) is 0 Å². The zero-order valence-corrected chi connectivity index (χ0v) is 9.51. The molecule has 0 radical (unpaired) electrons. The summed E-state index contributed by atoms with van der Waals surface area (Å²) in [7, 11) is 0. The van der Waals surface area contributed by atoms with Crippen molar-refractivity contribution in [1.82, 2.24) is 0 Å². The van der Waals surface area contributed by atoms with Gasteiger partial charge in [0.15, 0.2) is 0 Å². The molecule has 0 aliphatic heterocycles. The van der Waals surface area contributed by atoms with E-state index in [1.165, 1.54) is 10.4 Å². The molecule has 2 aromatic rings. The van der Waals surface area contributed by atoms with Crippen molar-refractivity contribution in [3.63, 3.8) is 0 Å². The zero-order valence-electron chi connectivity index (χ0n) is 9.51. The van der Waals surface area contributed by atoms with Gasteiger partial charge in [-0.1, -0.05) is 54.6 Å². The minimum atomic E-state index is 0.283. The maximum atomic E-state index is 9.88. The lowest BCUT2D eigenvalue weighted by atomic mass is 9.90. The number of hydrogen-bond acceptors (Lipinski definition) is 1. The van der Waals surface area contributed by atoms with Crippen LogP contribution in [-0.2, 0) is 0 Å². The second kappa shape index (κ2) is 4.10. The first-order chi connectivity index (χ1) is 8.34. The number of phenols is 1. The summed E-state index contributed by atoms with van der Waals surface area (Å²) in [5.74, 6) is 0.674. The summed E-state index contributed by atoms with van der Waals surface area (Å²) in [5.41, 5.74) is 1.01.